The fourth-order valence-electron chi connectivity index (χ4n) is 4.00. The Morgan fingerprint density at radius 1 is 1.23 bits per heavy atom. The van der Waals surface area contributed by atoms with Crippen LogP contribution >= 0.6 is 0 Å². The highest BCUT2D eigenvalue weighted by Crippen LogP contribution is 2.26. The first kappa shape index (κ1) is 15.6. The van der Waals surface area contributed by atoms with Gasteiger partial charge < -0.3 is 9.88 Å². The van der Waals surface area contributed by atoms with Gasteiger partial charge >= 0.3 is 0 Å². The number of hydrogen-bond donors (Lipinski definition) is 1. The average Bonchev–Trinajstić information content (AvgIpc) is 3.21. The summed E-state index contributed by atoms with van der Waals surface area (Å²) in [6.07, 6.45) is 10.5. The third-order valence-corrected chi connectivity index (χ3v) is 5.35. The summed E-state index contributed by atoms with van der Waals surface area (Å²) < 4.78 is 2.19. The van der Waals surface area contributed by atoms with Crippen molar-refractivity contribution >= 4 is 5.91 Å². The molecule has 3 rings (SSSR count). The van der Waals surface area contributed by atoms with E-state index in [-0.39, 0.29) is 11.8 Å². The first-order valence-electron chi connectivity index (χ1n) is 8.88. The summed E-state index contributed by atoms with van der Waals surface area (Å²) in [5.41, 5.74) is 1.31. The predicted octanol–water partition coefficient (Wildman–Crippen LogP) is 2.86. The molecule has 0 radical (unpaired) electrons. The molecule has 1 aliphatic carbocycles. The third-order valence-electron chi connectivity index (χ3n) is 5.35. The molecule has 4 nitrogen and oxygen atoms in total. The van der Waals surface area contributed by atoms with Crippen molar-refractivity contribution in [1.29, 1.82) is 0 Å². The minimum atomic E-state index is 0.251. The van der Waals surface area contributed by atoms with E-state index in [9.17, 15) is 4.79 Å². The Morgan fingerprint density at radius 2 is 1.95 bits per heavy atom. The summed E-state index contributed by atoms with van der Waals surface area (Å²) in [4.78, 5) is 15.0. The molecule has 1 saturated carbocycles. The van der Waals surface area contributed by atoms with Crippen LogP contribution in [0.15, 0.2) is 18.3 Å². The van der Waals surface area contributed by atoms with Gasteiger partial charge in [-0.15, -0.1) is 0 Å². The van der Waals surface area contributed by atoms with Crippen molar-refractivity contribution < 1.29 is 4.79 Å². The third kappa shape index (κ3) is 3.54. The monoisotopic (exact) mass is 303 g/mol. The molecule has 1 amide bonds. The number of aromatic nitrogens is 1. The molecule has 1 unspecified atom stereocenters. The van der Waals surface area contributed by atoms with Gasteiger partial charge in [0.1, 0.15) is 0 Å². The van der Waals surface area contributed by atoms with Crippen LogP contribution in [0.25, 0.3) is 0 Å². The van der Waals surface area contributed by atoms with Crippen molar-refractivity contribution in [1.82, 2.24) is 14.8 Å². The zero-order valence-electron chi connectivity index (χ0n) is 13.8. The summed E-state index contributed by atoms with van der Waals surface area (Å²) in [6.45, 7) is 3.04. The Balaban J connectivity index is 1.62. The van der Waals surface area contributed by atoms with Crippen LogP contribution in [0.4, 0.5) is 0 Å². The van der Waals surface area contributed by atoms with Gasteiger partial charge in [0, 0.05) is 31.4 Å². The molecular formula is C18H29N3O. The number of nitrogens with one attached hydrogen (secondary N) is 1. The van der Waals surface area contributed by atoms with Crippen molar-refractivity contribution in [2.75, 3.05) is 19.6 Å². The van der Waals surface area contributed by atoms with Crippen LogP contribution in [0.2, 0.25) is 0 Å². The summed E-state index contributed by atoms with van der Waals surface area (Å²) in [6, 6.07) is 4.60. The quantitative estimate of drug-likeness (QED) is 0.908. The fourth-order valence-corrected chi connectivity index (χ4v) is 4.00. The smallest absolute Gasteiger partial charge is 0.223 e. The van der Waals surface area contributed by atoms with Gasteiger partial charge in [0.05, 0.1) is 6.04 Å². The molecule has 122 valence electrons. The molecule has 1 saturated heterocycles. The van der Waals surface area contributed by atoms with E-state index in [0.717, 1.165) is 32.5 Å². The number of likely N-dealkylation sites (tertiary alicyclic amines) is 1. The zero-order chi connectivity index (χ0) is 15.4. The van der Waals surface area contributed by atoms with Gasteiger partial charge in [-0.25, -0.2) is 0 Å². The Hall–Kier alpha value is -1.29. The lowest BCUT2D eigenvalue weighted by Gasteiger charge is -2.29. The maximum Gasteiger partial charge on any atom is 0.223 e. The lowest BCUT2D eigenvalue weighted by Crippen LogP contribution is -2.40. The summed E-state index contributed by atoms with van der Waals surface area (Å²) in [5.74, 6) is 0.527. The van der Waals surface area contributed by atoms with Crippen LogP contribution in [0.5, 0.6) is 0 Å². The van der Waals surface area contributed by atoms with Crippen molar-refractivity contribution in [3.8, 4) is 0 Å². The van der Waals surface area contributed by atoms with Crippen LogP contribution in [0.3, 0.4) is 0 Å². The molecule has 0 spiro atoms. The Labute approximate surface area is 133 Å². The maximum atomic E-state index is 12.4. The number of aryl methyl sites for hydroxylation is 1. The van der Waals surface area contributed by atoms with E-state index in [1.54, 1.807) is 0 Å². The number of rotatable bonds is 5. The Morgan fingerprint density at radius 3 is 2.59 bits per heavy atom. The van der Waals surface area contributed by atoms with Crippen LogP contribution in [-0.2, 0) is 11.8 Å². The van der Waals surface area contributed by atoms with E-state index in [1.165, 1.54) is 37.8 Å². The number of amides is 1. The second-order valence-electron chi connectivity index (χ2n) is 6.88. The normalized spacial score (nSPS) is 21.9. The number of carbonyl (C=O) groups is 1. The molecule has 0 aromatic carbocycles. The second-order valence-corrected chi connectivity index (χ2v) is 6.88. The number of hydrogen-bond acceptors (Lipinski definition) is 2. The Kier molecular flexibility index (Phi) is 5.19. The molecule has 22 heavy (non-hydrogen) atoms. The molecule has 1 N–H and O–H groups in total. The molecule has 2 aliphatic rings. The van der Waals surface area contributed by atoms with Gasteiger partial charge in [-0.05, 0) is 50.9 Å². The lowest BCUT2D eigenvalue weighted by molar-refractivity contribution is -0.126. The van der Waals surface area contributed by atoms with Crippen molar-refractivity contribution in [3.63, 3.8) is 0 Å². The van der Waals surface area contributed by atoms with E-state index >= 15 is 0 Å². The Bertz CT molecular complexity index is 484. The van der Waals surface area contributed by atoms with Crippen molar-refractivity contribution in [3.05, 3.63) is 24.0 Å². The molecular weight excluding hydrogens is 274 g/mol. The SMILES string of the molecule is Cn1cccc1C(CNC(=O)C1CCCCC1)N1CCCC1. The maximum absolute atomic E-state index is 12.4. The molecule has 4 heteroatoms. The first-order chi connectivity index (χ1) is 10.8. The summed E-state index contributed by atoms with van der Waals surface area (Å²) in [7, 11) is 2.10. The predicted molar refractivity (Wildman–Crippen MR) is 88.5 cm³/mol. The summed E-state index contributed by atoms with van der Waals surface area (Å²) in [5, 5.41) is 3.25. The van der Waals surface area contributed by atoms with Gasteiger partial charge in [0.25, 0.3) is 0 Å². The van der Waals surface area contributed by atoms with Crippen LogP contribution in [0, 0.1) is 5.92 Å². The average molecular weight is 303 g/mol. The van der Waals surface area contributed by atoms with Crippen molar-refractivity contribution in [2.24, 2.45) is 13.0 Å². The second kappa shape index (κ2) is 7.32. The van der Waals surface area contributed by atoms with Gasteiger partial charge in [-0.2, -0.15) is 0 Å². The zero-order valence-corrected chi connectivity index (χ0v) is 13.8. The fraction of sp³-hybridized carbons (Fsp3) is 0.722. The van der Waals surface area contributed by atoms with E-state index in [1.807, 2.05) is 0 Å². The molecule has 0 bridgehead atoms. The molecule has 1 aromatic heterocycles. The number of carbonyl (C=O) groups excluding carboxylic acids is 1. The van der Waals surface area contributed by atoms with E-state index < -0.39 is 0 Å². The first-order valence-corrected chi connectivity index (χ1v) is 8.88. The van der Waals surface area contributed by atoms with Gasteiger partial charge in [-0.1, -0.05) is 19.3 Å². The van der Waals surface area contributed by atoms with E-state index in [0.29, 0.717) is 6.04 Å². The topological polar surface area (TPSA) is 37.3 Å². The highest BCUT2D eigenvalue weighted by atomic mass is 16.1. The van der Waals surface area contributed by atoms with Gasteiger partial charge in [0.2, 0.25) is 5.91 Å². The van der Waals surface area contributed by atoms with Gasteiger partial charge in [-0.3, -0.25) is 9.69 Å². The van der Waals surface area contributed by atoms with Crippen LogP contribution < -0.4 is 5.32 Å². The molecule has 1 aromatic rings. The number of nitrogens with zero attached hydrogens (tertiary/aromatic N) is 2. The standard InChI is InChI=1S/C18H29N3O/c1-20-11-7-10-16(20)17(21-12-5-6-13-21)14-19-18(22)15-8-3-2-4-9-15/h7,10-11,15,17H,2-6,8-9,12-14H2,1H3,(H,19,22). The largest absolute Gasteiger partial charge is 0.354 e. The lowest BCUT2D eigenvalue weighted by atomic mass is 9.88. The summed E-state index contributed by atoms with van der Waals surface area (Å²) >= 11 is 0. The minimum absolute atomic E-state index is 0.251. The van der Waals surface area contributed by atoms with Gasteiger partial charge in [0.15, 0.2) is 0 Å². The molecule has 1 atom stereocenters. The van der Waals surface area contributed by atoms with Crippen LogP contribution in [-0.4, -0.2) is 35.0 Å². The minimum Gasteiger partial charge on any atom is -0.354 e. The van der Waals surface area contributed by atoms with E-state index in [2.05, 4.69) is 40.2 Å². The molecule has 2 heterocycles. The van der Waals surface area contributed by atoms with Crippen molar-refractivity contribution in [2.45, 2.75) is 51.0 Å². The highest BCUT2D eigenvalue weighted by Gasteiger charge is 2.27. The molecule has 2 fully saturated rings. The van der Waals surface area contributed by atoms with E-state index in [4.69, 9.17) is 0 Å². The molecule has 1 aliphatic heterocycles. The highest BCUT2D eigenvalue weighted by molar-refractivity contribution is 5.78. The van der Waals surface area contributed by atoms with Crippen LogP contribution in [0.1, 0.15) is 56.7 Å².